The second kappa shape index (κ2) is 5.90. The van der Waals surface area contributed by atoms with Crippen LogP contribution in [0.3, 0.4) is 0 Å². The van der Waals surface area contributed by atoms with Gasteiger partial charge < -0.3 is 11.1 Å². The molecule has 20 heavy (non-hydrogen) atoms. The van der Waals surface area contributed by atoms with E-state index in [1.807, 2.05) is 30.3 Å². The van der Waals surface area contributed by atoms with Crippen molar-refractivity contribution in [2.75, 3.05) is 11.1 Å². The highest BCUT2D eigenvalue weighted by atomic mass is 15.1. The van der Waals surface area contributed by atoms with E-state index in [1.165, 1.54) is 0 Å². The largest absolute Gasteiger partial charge is 0.384 e. The highest BCUT2D eigenvalue weighted by Crippen LogP contribution is 2.24. The van der Waals surface area contributed by atoms with E-state index in [2.05, 4.69) is 36.1 Å². The van der Waals surface area contributed by atoms with Crippen molar-refractivity contribution in [2.24, 2.45) is 0 Å². The third kappa shape index (κ3) is 3.26. The zero-order valence-corrected chi connectivity index (χ0v) is 12.4. The minimum atomic E-state index is 0.0226. The average molecular weight is 270 g/mol. The lowest BCUT2D eigenvalue weighted by atomic mass is 9.96. The molecule has 0 atom stereocenters. The van der Waals surface area contributed by atoms with E-state index in [-0.39, 0.29) is 5.54 Å². The highest BCUT2D eigenvalue weighted by molar-refractivity contribution is 5.60. The molecule has 2 aromatic rings. The molecule has 0 fully saturated rings. The Labute approximate surface area is 120 Å². The van der Waals surface area contributed by atoms with Gasteiger partial charge in [-0.05, 0) is 19.8 Å². The van der Waals surface area contributed by atoms with E-state index in [0.29, 0.717) is 11.6 Å². The number of anilines is 2. The van der Waals surface area contributed by atoms with Crippen LogP contribution < -0.4 is 11.1 Å². The van der Waals surface area contributed by atoms with Crippen LogP contribution in [0.25, 0.3) is 11.4 Å². The molecule has 0 spiro atoms. The Morgan fingerprint density at radius 2 is 1.75 bits per heavy atom. The summed E-state index contributed by atoms with van der Waals surface area (Å²) in [4.78, 5) is 8.89. The van der Waals surface area contributed by atoms with Crippen LogP contribution >= 0.6 is 0 Å². The fourth-order valence-corrected chi connectivity index (χ4v) is 1.98. The zero-order chi connectivity index (χ0) is 14.6. The summed E-state index contributed by atoms with van der Waals surface area (Å²) in [7, 11) is 0. The zero-order valence-electron chi connectivity index (χ0n) is 12.4. The Morgan fingerprint density at radius 1 is 1.10 bits per heavy atom. The van der Waals surface area contributed by atoms with Crippen LogP contribution in [0, 0.1) is 0 Å². The summed E-state index contributed by atoms with van der Waals surface area (Å²) in [6.45, 7) is 6.52. The van der Waals surface area contributed by atoms with E-state index < -0.39 is 0 Å². The monoisotopic (exact) mass is 270 g/mol. The Kier molecular flexibility index (Phi) is 4.23. The van der Waals surface area contributed by atoms with Crippen LogP contribution in [0.15, 0.2) is 36.4 Å². The molecule has 4 nitrogen and oxygen atoms in total. The first kappa shape index (κ1) is 14.3. The van der Waals surface area contributed by atoms with Crippen LogP contribution in [-0.2, 0) is 0 Å². The van der Waals surface area contributed by atoms with Gasteiger partial charge in [0, 0.05) is 17.2 Å². The van der Waals surface area contributed by atoms with Crippen molar-refractivity contribution < 1.29 is 0 Å². The number of nitrogen functional groups attached to an aromatic ring is 1. The maximum absolute atomic E-state index is 5.91. The Morgan fingerprint density at radius 3 is 2.35 bits per heavy atom. The Bertz CT molecular complexity index is 562. The first-order valence-corrected chi connectivity index (χ1v) is 7.04. The minimum absolute atomic E-state index is 0.0226. The first-order chi connectivity index (χ1) is 9.56. The molecular formula is C16H22N4. The molecule has 0 aliphatic rings. The van der Waals surface area contributed by atoms with Crippen molar-refractivity contribution in [3.05, 3.63) is 36.4 Å². The topological polar surface area (TPSA) is 63.8 Å². The van der Waals surface area contributed by atoms with E-state index in [9.17, 15) is 0 Å². The molecule has 0 radical (unpaired) electrons. The first-order valence-electron chi connectivity index (χ1n) is 7.04. The van der Waals surface area contributed by atoms with Gasteiger partial charge in [-0.2, -0.15) is 0 Å². The summed E-state index contributed by atoms with van der Waals surface area (Å²) in [5, 5.41) is 3.47. The number of aromatic nitrogens is 2. The second-order valence-corrected chi connectivity index (χ2v) is 5.26. The Balaban J connectivity index is 2.35. The van der Waals surface area contributed by atoms with Gasteiger partial charge in [0.2, 0.25) is 0 Å². The summed E-state index contributed by atoms with van der Waals surface area (Å²) in [6.07, 6.45) is 2.04. The molecule has 0 unspecified atom stereocenters. The highest BCUT2D eigenvalue weighted by Gasteiger charge is 2.20. The number of nitrogens with two attached hydrogens (primary N) is 1. The molecule has 0 amide bonds. The van der Waals surface area contributed by atoms with Gasteiger partial charge in [0.15, 0.2) is 5.82 Å². The predicted octanol–water partition coefficient (Wildman–Crippen LogP) is 3.72. The van der Waals surface area contributed by atoms with E-state index in [0.717, 1.165) is 24.2 Å². The number of hydrogen-bond acceptors (Lipinski definition) is 4. The summed E-state index contributed by atoms with van der Waals surface area (Å²) >= 11 is 0. The maximum Gasteiger partial charge on any atom is 0.163 e. The molecule has 0 aliphatic carbocycles. The average Bonchev–Trinajstić information content (AvgIpc) is 2.47. The molecule has 4 heteroatoms. The summed E-state index contributed by atoms with van der Waals surface area (Å²) < 4.78 is 0. The van der Waals surface area contributed by atoms with Crippen molar-refractivity contribution in [1.82, 2.24) is 9.97 Å². The third-order valence-electron chi connectivity index (χ3n) is 3.77. The quantitative estimate of drug-likeness (QED) is 0.869. The standard InChI is InChI=1S/C16H22N4/c1-4-16(3,5-2)20-14-11-13(17)18-15(19-14)12-9-7-6-8-10-12/h6-11H,4-5H2,1-3H3,(H3,17,18,19,20). The van der Waals surface area contributed by atoms with Crippen LogP contribution in [-0.4, -0.2) is 15.5 Å². The molecule has 0 saturated carbocycles. The van der Waals surface area contributed by atoms with E-state index in [4.69, 9.17) is 5.73 Å². The summed E-state index contributed by atoms with van der Waals surface area (Å²) in [5.74, 6) is 1.92. The summed E-state index contributed by atoms with van der Waals surface area (Å²) in [6, 6.07) is 11.7. The van der Waals surface area contributed by atoms with Crippen LogP contribution in [0.1, 0.15) is 33.6 Å². The lowest BCUT2D eigenvalue weighted by molar-refractivity contribution is 0.477. The molecule has 2 rings (SSSR count). The van der Waals surface area contributed by atoms with Gasteiger partial charge in [-0.25, -0.2) is 9.97 Å². The van der Waals surface area contributed by atoms with Crippen LogP contribution in [0.5, 0.6) is 0 Å². The van der Waals surface area contributed by atoms with Gasteiger partial charge in [0.25, 0.3) is 0 Å². The predicted molar refractivity (Wildman–Crippen MR) is 84.5 cm³/mol. The number of rotatable bonds is 5. The van der Waals surface area contributed by atoms with E-state index >= 15 is 0 Å². The van der Waals surface area contributed by atoms with Gasteiger partial charge in [0.1, 0.15) is 11.6 Å². The van der Waals surface area contributed by atoms with Crippen molar-refractivity contribution in [3.8, 4) is 11.4 Å². The maximum atomic E-state index is 5.91. The van der Waals surface area contributed by atoms with Gasteiger partial charge in [0.05, 0.1) is 0 Å². The molecular weight excluding hydrogens is 248 g/mol. The van der Waals surface area contributed by atoms with Crippen LogP contribution in [0.2, 0.25) is 0 Å². The normalized spacial score (nSPS) is 11.3. The number of benzene rings is 1. The second-order valence-electron chi connectivity index (χ2n) is 5.26. The number of nitrogens with one attached hydrogen (secondary N) is 1. The SMILES string of the molecule is CCC(C)(CC)Nc1cc(N)nc(-c2ccccc2)n1. The number of hydrogen-bond donors (Lipinski definition) is 2. The molecule has 0 bridgehead atoms. The third-order valence-corrected chi connectivity index (χ3v) is 3.77. The smallest absolute Gasteiger partial charge is 0.163 e. The molecule has 1 aromatic carbocycles. The lowest BCUT2D eigenvalue weighted by Crippen LogP contribution is -2.33. The van der Waals surface area contributed by atoms with E-state index in [1.54, 1.807) is 6.07 Å². The fourth-order valence-electron chi connectivity index (χ4n) is 1.98. The molecule has 0 aliphatic heterocycles. The van der Waals surface area contributed by atoms with Crippen molar-refractivity contribution >= 4 is 11.6 Å². The van der Waals surface area contributed by atoms with Crippen LogP contribution in [0.4, 0.5) is 11.6 Å². The minimum Gasteiger partial charge on any atom is -0.384 e. The fraction of sp³-hybridized carbons (Fsp3) is 0.375. The Hall–Kier alpha value is -2.10. The van der Waals surface area contributed by atoms with Crippen molar-refractivity contribution in [1.29, 1.82) is 0 Å². The molecule has 0 saturated heterocycles. The molecule has 1 aromatic heterocycles. The van der Waals surface area contributed by atoms with Crippen molar-refractivity contribution in [3.63, 3.8) is 0 Å². The van der Waals surface area contributed by atoms with Gasteiger partial charge in [-0.15, -0.1) is 0 Å². The molecule has 106 valence electrons. The summed E-state index contributed by atoms with van der Waals surface area (Å²) in [5.41, 5.74) is 6.90. The van der Waals surface area contributed by atoms with Gasteiger partial charge >= 0.3 is 0 Å². The lowest BCUT2D eigenvalue weighted by Gasteiger charge is -2.29. The van der Waals surface area contributed by atoms with Gasteiger partial charge in [-0.1, -0.05) is 44.2 Å². The number of nitrogens with zero attached hydrogens (tertiary/aromatic N) is 2. The molecule has 1 heterocycles. The molecule has 3 N–H and O–H groups in total. The van der Waals surface area contributed by atoms with Gasteiger partial charge in [-0.3, -0.25) is 0 Å². The van der Waals surface area contributed by atoms with Crippen molar-refractivity contribution in [2.45, 2.75) is 39.2 Å².